The molecule has 1 fully saturated rings. The number of benzene rings is 1. The Bertz CT molecular complexity index is 1120. The van der Waals surface area contributed by atoms with Gasteiger partial charge in [0.1, 0.15) is 11.0 Å². The van der Waals surface area contributed by atoms with Crippen LogP contribution in [0.4, 0.5) is 5.82 Å². The molecule has 2 aromatic heterocycles. The van der Waals surface area contributed by atoms with Gasteiger partial charge >= 0.3 is 0 Å². The molecule has 0 radical (unpaired) electrons. The smallest absolute Gasteiger partial charge is 0.237 e. The number of thiophene rings is 1. The van der Waals surface area contributed by atoms with Gasteiger partial charge in [0.2, 0.25) is 5.91 Å². The normalized spacial score (nSPS) is 17.8. The van der Waals surface area contributed by atoms with Gasteiger partial charge in [0.15, 0.2) is 0 Å². The number of carbonyl (C=O) groups excluding carboxylic acids is 1. The lowest BCUT2D eigenvalue weighted by Crippen LogP contribution is -2.50. The number of piperazine rings is 1. The van der Waals surface area contributed by atoms with Crippen LogP contribution in [0.15, 0.2) is 53.9 Å². The second-order valence-corrected chi connectivity index (χ2v) is 9.35. The van der Waals surface area contributed by atoms with Gasteiger partial charge in [-0.15, -0.1) is 11.3 Å². The highest BCUT2D eigenvalue weighted by molar-refractivity contribution is 7.17. The quantitative estimate of drug-likeness (QED) is 0.550. The number of rotatable bonds is 4. The molecular formula is C24H25ClN4OS. The molecule has 1 saturated heterocycles. The minimum absolute atomic E-state index is 0.221. The fourth-order valence-corrected chi connectivity index (χ4v) is 5.49. The van der Waals surface area contributed by atoms with Crippen molar-refractivity contribution in [3.63, 3.8) is 0 Å². The molecule has 0 unspecified atom stereocenters. The number of amides is 1. The van der Waals surface area contributed by atoms with Gasteiger partial charge < -0.3 is 9.80 Å². The maximum absolute atomic E-state index is 12.9. The molecular weight excluding hydrogens is 428 g/mol. The molecule has 0 atom stereocenters. The number of anilines is 1. The van der Waals surface area contributed by atoms with E-state index in [1.54, 1.807) is 17.4 Å². The third-order valence-corrected chi connectivity index (χ3v) is 7.32. The van der Waals surface area contributed by atoms with Crippen LogP contribution in [0.3, 0.4) is 0 Å². The van der Waals surface area contributed by atoms with Crippen molar-refractivity contribution >= 4 is 50.3 Å². The highest BCUT2D eigenvalue weighted by atomic mass is 35.5. The van der Waals surface area contributed by atoms with Crippen molar-refractivity contribution < 1.29 is 4.79 Å². The first-order chi connectivity index (χ1) is 15.2. The summed E-state index contributed by atoms with van der Waals surface area (Å²) in [4.78, 5) is 23.8. The first-order valence-corrected chi connectivity index (χ1v) is 12.0. The predicted octanol–water partition coefficient (Wildman–Crippen LogP) is 4.39. The van der Waals surface area contributed by atoms with Gasteiger partial charge in [-0.3, -0.25) is 9.69 Å². The maximum atomic E-state index is 12.9. The van der Waals surface area contributed by atoms with E-state index in [2.05, 4.69) is 50.5 Å². The standard InChI is InChI=1S/C24H25ClN4OS/c25-21-5-2-6-22(26-21)28-14-12-27(13-15-28)17-23(30)29-10-7-18(8-11-29)20-4-1-3-19-9-16-31-24(19)20/h1-7,9,16H,8,10-15,17H2. The summed E-state index contributed by atoms with van der Waals surface area (Å²) in [6, 6.07) is 14.4. The van der Waals surface area contributed by atoms with E-state index in [-0.39, 0.29) is 5.91 Å². The molecule has 0 saturated carbocycles. The Hall–Kier alpha value is -2.41. The second-order valence-electron chi connectivity index (χ2n) is 8.05. The summed E-state index contributed by atoms with van der Waals surface area (Å²) >= 11 is 7.81. The highest BCUT2D eigenvalue weighted by Gasteiger charge is 2.24. The molecule has 3 aromatic rings. The Kier molecular flexibility index (Phi) is 5.94. The minimum Gasteiger partial charge on any atom is -0.354 e. The van der Waals surface area contributed by atoms with E-state index in [0.717, 1.165) is 45.0 Å². The molecule has 0 bridgehead atoms. The molecule has 0 aliphatic carbocycles. The molecule has 5 rings (SSSR count). The van der Waals surface area contributed by atoms with E-state index in [1.807, 2.05) is 17.0 Å². The van der Waals surface area contributed by atoms with Crippen molar-refractivity contribution in [2.24, 2.45) is 0 Å². The Balaban J connectivity index is 1.16. The van der Waals surface area contributed by atoms with E-state index in [9.17, 15) is 4.79 Å². The zero-order chi connectivity index (χ0) is 21.2. The van der Waals surface area contributed by atoms with Crippen molar-refractivity contribution in [1.82, 2.24) is 14.8 Å². The molecule has 2 aliphatic heterocycles. The summed E-state index contributed by atoms with van der Waals surface area (Å²) in [5.74, 6) is 1.13. The molecule has 0 spiro atoms. The number of halogens is 1. The highest BCUT2D eigenvalue weighted by Crippen LogP contribution is 2.32. The largest absolute Gasteiger partial charge is 0.354 e. The summed E-state index contributed by atoms with van der Waals surface area (Å²) in [5, 5.41) is 3.97. The van der Waals surface area contributed by atoms with E-state index in [1.165, 1.54) is 21.2 Å². The molecule has 31 heavy (non-hydrogen) atoms. The van der Waals surface area contributed by atoms with E-state index in [0.29, 0.717) is 18.2 Å². The predicted molar refractivity (Wildman–Crippen MR) is 129 cm³/mol. The van der Waals surface area contributed by atoms with Crippen molar-refractivity contribution in [2.75, 3.05) is 50.7 Å². The second kappa shape index (κ2) is 8.99. The van der Waals surface area contributed by atoms with E-state index < -0.39 is 0 Å². The summed E-state index contributed by atoms with van der Waals surface area (Å²) in [5.41, 5.74) is 2.69. The van der Waals surface area contributed by atoms with E-state index >= 15 is 0 Å². The molecule has 4 heterocycles. The summed E-state index contributed by atoms with van der Waals surface area (Å²) in [7, 11) is 0. The third kappa shape index (κ3) is 4.47. The number of carbonyl (C=O) groups is 1. The molecule has 1 amide bonds. The number of aromatic nitrogens is 1. The zero-order valence-electron chi connectivity index (χ0n) is 17.3. The van der Waals surface area contributed by atoms with Crippen molar-refractivity contribution in [2.45, 2.75) is 6.42 Å². The maximum Gasteiger partial charge on any atom is 0.237 e. The van der Waals surface area contributed by atoms with E-state index in [4.69, 9.17) is 11.6 Å². The van der Waals surface area contributed by atoms with Crippen LogP contribution in [-0.4, -0.2) is 66.5 Å². The van der Waals surface area contributed by atoms with Crippen LogP contribution in [0.5, 0.6) is 0 Å². The fourth-order valence-electron chi connectivity index (χ4n) is 4.39. The van der Waals surface area contributed by atoms with Crippen LogP contribution in [0.2, 0.25) is 5.15 Å². The van der Waals surface area contributed by atoms with Crippen molar-refractivity contribution in [3.8, 4) is 0 Å². The first kappa shape index (κ1) is 20.5. The molecule has 2 aliphatic rings. The van der Waals surface area contributed by atoms with Gasteiger partial charge in [-0.25, -0.2) is 4.98 Å². The van der Waals surface area contributed by atoms with Gasteiger partial charge in [0.25, 0.3) is 0 Å². The monoisotopic (exact) mass is 452 g/mol. The number of hydrogen-bond acceptors (Lipinski definition) is 5. The van der Waals surface area contributed by atoms with Crippen molar-refractivity contribution in [3.05, 3.63) is 64.6 Å². The Morgan fingerprint density at radius 2 is 1.87 bits per heavy atom. The number of pyridine rings is 1. The van der Waals surface area contributed by atoms with Gasteiger partial charge in [-0.1, -0.05) is 41.9 Å². The van der Waals surface area contributed by atoms with Crippen LogP contribution in [0.25, 0.3) is 15.7 Å². The SMILES string of the molecule is O=C(CN1CCN(c2cccc(Cl)n2)CC1)N1CC=C(c2cccc3ccsc23)CC1. The lowest BCUT2D eigenvalue weighted by atomic mass is 9.98. The van der Waals surface area contributed by atoms with Crippen LogP contribution in [-0.2, 0) is 4.79 Å². The third-order valence-electron chi connectivity index (χ3n) is 6.14. The minimum atomic E-state index is 0.221. The Morgan fingerprint density at radius 3 is 2.65 bits per heavy atom. The average Bonchev–Trinajstić information content (AvgIpc) is 3.29. The fraction of sp³-hybridized carbons (Fsp3) is 0.333. The van der Waals surface area contributed by atoms with Gasteiger partial charge in [-0.2, -0.15) is 0 Å². The number of nitrogens with zero attached hydrogens (tertiary/aromatic N) is 4. The molecule has 160 valence electrons. The summed E-state index contributed by atoms with van der Waals surface area (Å²) in [6.45, 7) is 5.40. The Labute approximate surface area is 191 Å². The van der Waals surface area contributed by atoms with Crippen LogP contribution in [0.1, 0.15) is 12.0 Å². The van der Waals surface area contributed by atoms with Crippen molar-refractivity contribution in [1.29, 1.82) is 0 Å². The van der Waals surface area contributed by atoms with Crippen LogP contribution in [0, 0.1) is 0 Å². The molecule has 0 N–H and O–H groups in total. The van der Waals surface area contributed by atoms with Gasteiger partial charge in [-0.05, 0) is 46.5 Å². The van der Waals surface area contributed by atoms with Crippen LogP contribution < -0.4 is 4.90 Å². The first-order valence-electron chi connectivity index (χ1n) is 10.7. The average molecular weight is 453 g/mol. The lowest BCUT2D eigenvalue weighted by molar-refractivity contribution is -0.132. The molecule has 1 aromatic carbocycles. The number of fused-ring (bicyclic) bond motifs is 1. The zero-order valence-corrected chi connectivity index (χ0v) is 18.9. The molecule has 5 nitrogen and oxygen atoms in total. The molecule has 7 heteroatoms. The van der Waals surface area contributed by atoms with Crippen LogP contribution >= 0.6 is 22.9 Å². The summed E-state index contributed by atoms with van der Waals surface area (Å²) in [6.07, 6.45) is 3.15. The lowest BCUT2D eigenvalue weighted by Gasteiger charge is -2.36. The number of hydrogen-bond donors (Lipinski definition) is 0. The van der Waals surface area contributed by atoms with Gasteiger partial charge in [0.05, 0.1) is 6.54 Å². The van der Waals surface area contributed by atoms with Gasteiger partial charge in [0, 0.05) is 44.0 Å². The topological polar surface area (TPSA) is 39.7 Å². The summed E-state index contributed by atoms with van der Waals surface area (Å²) < 4.78 is 1.35. The Morgan fingerprint density at radius 1 is 1.03 bits per heavy atom.